The van der Waals surface area contributed by atoms with Crippen molar-refractivity contribution in [2.75, 3.05) is 14.2 Å². The summed E-state index contributed by atoms with van der Waals surface area (Å²) in [6.07, 6.45) is 4.58. The van der Waals surface area contributed by atoms with Crippen LogP contribution in [0.1, 0.15) is 11.1 Å². The lowest BCUT2D eigenvalue weighted by Crippen LogP contribution is -2.07. The molecule has 1 heterocycles. The summed E-state index contributed by atoms with van der Waals surface area (Å²) in [7, 11) is 1.51. The molecule has 0 amide bonds. The number of hydrogen-bond donors (Lipinski definition) is 0. The minimum Gasteiger partial charge on any atom is -0.497 e. The molecule has 0 N–H and O–H groups in total. The maximum absolute atomic E-state index is 5.45. The van der Waals surface area contributed by atoms with Crippen molar-refractivity contribution in [1.29, 1.82) is 0 Å². The standard InChI is InChI=1S/C40H32O2S/c1-41-35-23-19-29(20-24-35)33-17-15-31-13-14-32-16-18-34(30-21-25-36(42-2)26-22-30)28-40(32)43(39(31)27-33,37-9-5-3-6-10-37)38-11-7-4-8-12-38/h3-28H,1-2H3. The number of hydrogen-bond acceptors (Lipinski definition) is 2. The monoisotopic (exact) mass is 576 g/mol. The number of fused-ring (bicyclic) bond motifs is 2. The van der Waals surface area contributed by atoms with E-state index in [9.17, 15) is 0 Å². The maximum Gasteiger partial charge on any atom is 0.118 e. The first-order valence-corrected chi connectivity index (χ1v) is 16.0. The summed E-state index contributed by atoms with van der Waals surface area (Å²) < 4.78 is 10.9. The first-order chi connectivity index (χ1) is 21.2. The van der Waals surface area contributed by atoms with Crippen molar-refractivity contribution in [2.45, 2.75) is 19.6 Å². The van der Waals surface area contributed by atoms with Crippen LogP contribution in [0, 0.1) is 0 Å². The fourth-order valence-corrected chi connectivity index (χ4v) is 10.2. The Morgan fingerprint density at radius 3 is 1.14 bits per heavy atom. The van der Waals surface area contributed by atoms with Crippen LogP contribution in [0.15, 0.2) is 165 Å². The first kappa shape index (κ1) is 26.9. The van der Waals surface area contributed by atoms with Crippen molar-refractivity contribution < 1.29 is 9.47 Å². The molecular weight excluding hydrogens is 545 g/mol. The van der Waals surface area contributed by atoms with Crippen LogP contribution >= 0.6 is 10.0 Å². The van der Waals surface area contributed by atoms with Gasteiger partial charge in [-0.2, -0.15) is 0 Å². The van der Waals surface area contributed by atoms with Gasteiger partial charge in [-0.05, 0) is 94.0 Å². The lowest BCUT2D eigenvalue weighted by atomic mass is 10.0. The van der Waals surface area contributed by atoms with Crippen LogP contribution in [0.25, 0.3) is 34.4 Å². The van der Waals surface area contributed by atoms with Crippen LogP contribution in [0.3, 0.4) is 0 Å². The summed E-state index contributed by atoms with van der Waals surface area (Å²) in [6.45, 7) is 0. The van der Waals surface area contributed by atoms with E-state index in [0.717, 1.165) is 11.5 Å². The number of ether oxygens (including phenoxy) is 2. The van der Waals surface area contributed by atoms with Gasteiger partial charge in [0.05, 0.1) is 14.2 Å². The average Bonchev–Trinajstić information content (AvgIpc) is 3.23. The van der Waals surface area contributed by atoms with Crippen LogP contribution in [0.5, 0.6) is 11.5 Å². The first-order valence-electron chi connectivity index (χ1n) is 14.4. The summed E-state index contributed by atoms with van der Waals surface area (Å²) in [5, 5.41) is 0. The zero-order chi connectivity index (χ0) is 29.2. The summed E-state index contributed by atoms with van der Waals surface area (Å²) in [4.78, 5) is 5.29. The van der Waals surface area contributed by atoms with E-state index in [1.807, 2.05) is 24.3 Å². The maximum atomic E-state index is 5.45. The largest absolute Gasteiger partial charge is 0.497 e. The highest BCUT2D eigenvalue weighted by molar-refractivity contribution is 8.34. The van der Waals surface area contributed by atoms with Crippen LogP contribution in [0.4, 0.5) is 0 Å². The van der Waals surface area contributed by atoms with Crippen LogP contribution in [-0.4, -0.2) is 14.2 Å². The van der Waals surface area contributed by atoms with Crippen molar-refractivity contribution in [3.8, 4) is 33.8 Å². The van der Waals surface area contributed by atoms with Gasteiger partial charge in [0, 0.05) is 19.6 Å². The molecule has 43 heavy (non-hydrogen) atoms. The Kier molecular flexibility index (Phi) is 7.10. The lowest BCUT2D eigenvalue weighted by molar-refractivity contribution is 0.415. The Labute approximate surface area is 255 Å². The van der Waals surface area contributed by atoms with Gasteiger partial charge in [0.2, 0.25) is 0 Å². The van der Waals surface area contributed by atoms with Gasteiger partial charge in [0.1, 0.15) is 11.5 Å². The molecule has 0 bridgehead atoms. The minimum atomic E-state index is -1.91. The molecule has 0 radical (unpaired) electrons. The number of rotatable bonds is 6. The fourth-order valence-electron chi connectivity index (χ4n) is 5.99. The fraction of sp³-hybridized carbons (Fsp3) is 0.0500. The molecule has 210 valence electrons. The Morgan fingerprint density at radius 2 is 0.767 bits per heavy atom. The molecule has 0 saturated carbocycles. The van der Waals surface area contributed by atoms with Gasteiger partial charge >= 0.3 is 0 Å². The Morgan fingerprint density at radius 1 is 0.395 bits per heavy atom. The van der Waals surface area contributed by atoms with Gasteiger partial charge in [-0.3, -0.25) is 0 Å². The van der Waals surface area contributed by atoms with E-state index in [1.54, 1.807) is 14.2 Å². The second-order valence-corrected chi connectivity index (χ2v) is 13.6. The molecule has 6 aromatic carbocycles. The highest BCUT2D eigenvalue weighted by atomic mass is 32.3. The van der Waals surface area contributed by atoms with Crippen LogP contribution < -0.4 is 9.47 Å². The molecule has 6 aromatic rings. The van der Waals surface area contributed by atoms with E-state index in [2.05, 4.69) is 133 Å². The Bertz CT molecular complexity index is 1770. The third-order valence-electron chi connectivity index (χ3n) is 8.17. The summed E-state index contributed by atoms with van der Waals surface area (Å²) in [6, 6.07) is 52.7. The van der Waals surface area contributed by atoms with E-state index < -0.39 is 10.0 Å². The molecule has 1 aliphatic rings. The molecule has 0 atom stereocenters. The third kappa shape index (κ3) is 4.72. The molecule has 1 aliphatic heterocycles. The van der Waals surface area contributed by atoms with Crippen molar-refractivity contribution in [1.82, 2.24) is 0 Å². The smallest absolute Gasteiger partial charge is 0.118 e. The summed E-state index contributed by atoms with van der Waals surface area (Å²) in [5.74, 6) is 1.71. The highest BCUT2D eigenvalue weighted by Crippen LogP contribution is 2.76. The third-order valence-corrected chi connectivity index (χ3v) is 12.2. The van der Waals surface area contributed by atoms with E-state index in [0.29, 0.717) is 0 Å². The highest BCUT2D eigenvalue weighted by Gasteiger charge is 2.37. The quantitative estimate of drug-likeness (QED) is 0.196. The molecule has 0 spiro atoms. The Hall–Kier alpha value is -4.99. The Balaban J connectivity index is 1.55. The van der Waals surface area contributed by atoms with E-state index in [-0.39, 0.29) is 0 Å². The molecule has 0 unspecified atom stereocenters. The summed E-state index contributed by atoms with van der Waals surface area (Å²) in [5.41, 5.74) is 7.18. The normalized spacial score (nSPS) is 13.7. The molecule has 2 nitrogen and oxygen atoms in total. The lowest BCUT2D eigenvalue weighted by Gasteiger charge is -2.43. The molecule has 3 heteroatoms. The SMILES string of the molecule is COc1ccc(-c2ccc3c(c2)S(c2ccccc2)(c2ccccc2)c2cc(-c4ccc(OC)cc4)ccc2C=C3)cc1. The van der Waals surface area contributed by atoms with E-state index >= 15 is 0 Å². The topological polar surface area (TPSA) is 18.5 Å². The van der Waals surface area contributed by atoms with Crippen LogP contribution in [-0.2, 0) is 0 Å². The van der Waals surface area contributed by atoms with Crippen molar-refractivity contribution >= 4 is 22.2 Å². The average molecular weight is 577 g/mol. The molecule has 0 aliphatic carbocycles. The molecule has 7 rings (SSSR count). The van der Waals surface area contributed by atoms with Crippen LogP contribution in [0.2, 0.25) is 0 Å². The number of benzene rings is 6. The van der Waals surface area contributed by atoms with Crippen molar-refractivity contribution in [2.24, 2.45) is 0 Å². The van der Waals surface area contributed by atoms with Gasteiger partial charge in [-0.25, -0.2) is 0 Å². The molecule has 0 fully saturated rings. The number of methoxy groups -OCH3 is 2. The van der Waals surface area contributed by atoms with Gasteiger partial charge < -0.3 is 9.47 Å². The van der Waals surface area contributed by atoms with Gasteiger partial charge in [0.25, 0.3) is 0 Å². The second-order valence-electron chi connectivity index (χ2n) is 10.5. The van der Waals surface area contributed by atoms with Crippen molar-refractivity contribution in [3.05, 3.63) is 157 Å². The second kappa shape index (κ2) is 11.4. The zero-order valence-corrected chi connectivity index (χ0v) is 25.1. The summed E-state index contributed by atoms with van der Waals surface area (Å²) >= 11 is 0. The minimum absolute atomic E-state index is 0.856. The van der Waals surface area contributed by atoms with Gasteiger partial charge in [0.15, 0.2) is 0 Å². The van der Waals surface area contributed by atoms with E-state index in [4.69, 9.17) is 9.47 Å². The van der Waals surface area contributed by atoms with Gasteiger partial charge in [-0.1, -0.05) is 97.1 Å². The molecule has 0 aromatic heterocycles. The zero-order valence-electron chi connectivity index (χ0n) is 24.2. The van der Waals surface area contributed by atoms with E-state index in [1.165, 1.54) is 53.0 Å². The van der Waals surface area contributed by atoms with Crippen molar-refractivity contribution in [3.63, 3.8) is 0 Å². The molecular formula is C40H32O2S. The predicted molar refractivity (Wildman–Crippen MR) is 179 cm³/mol. The molecule has 0 saturated heterocycles. The van der Waals surface area contributed by atoms with Gasteiger partial charge in [-0.15, -0.1) is 10.0 Å². The predicted octanol–water partition coefficient (Wildman–Crippen LogP) is 10.9.